The summed E-state index contributed by atoms with van der Waals surface area (Å²) in [6.45, 7) is 15.6. The van der Waals surface area contributed by atoms with Gasteiger partial charge in [-0.1, -0.05) is 45.0 Å². The summed E-state index contributed by atoms with van der Waals surface area (Å²) in [7, 11) is 2.08. The molecule has 1 aromatic carbocycles. The van der Waals surface area contributed by atoms with Gasteiger partial charge in [-0.15, -0.1) is 0 Å². The minimum Gasteiger partial charge on any atom is -0.492 e. The van der Waals surface area contributed by atoms with Crippen LogP contribution in [0.4, 0.5) is 4.79 Å². The standard InChI is InChI=1S/C31H45N3O4/c1-22(2)24-8-10-25(11-9-24)31(36,30(6)20-33(7)21-30)26-16-27(18-32-17-26)37-19-23-12-14-34(15-13-23)28(35)38-29(3,4)5/h8-11,16-18,22-23,36H,12-15,19-21H2,1-7H3/t31-/m0/s1. The van der Waals surface area contributed by atoms with E-state index >= 15 is 0 Å². The second-order valence-corrected chi connectivity index (χ2v) is 12.9. The molecule has 0 aliphatic carbocycles. The average Bonchev–Trinajstić information content (AvgIpc) is 2.85. The molecule has 208 valence electrons. The highest BCUT2D eigenvalue weighted by Gasteiger charge is 2.55. The fourth-order valence-electron chi connectivity index (χ4n) is 5.87. The van der Waals surface area contributed by atoms with Crippen molar-refractivity contribution >= 4 is 6.09 Å². The number of likely N-dealkylation sites (tertiary alicyclic amines) is 2. The number of piperidine rings is 1. The lowest BCUT2D eigenvalue weighted by atomic mass is 9.62. The van der Waals surface area contributed by atoms with Crippen molar-refractivity contribution < 1.29 is 19.4 Å². The highest BCUT2D eigenvalue weighted by atomic mass is 16.6. The van der Waals surface area contributed by atoms with E-state index < -0.39 is 11.2 Å². The van der Waals surface area contributed by atoms with E-state index in [0.29, 0.717) is 37.3 Å². The van der Waals surface area contributed by atoms with Gasteiger partial charge in [-0.25, -0.2) is 4.79 Å². The molecule has 1 amide bonds. The van der Waals surface area contributed by atoms with E-state index in [1.807, 2.05) is 26.8 Å². The number of aliphatic hydroxyl groups is 1. The number of carbonyl (C=O) groups excluding carboxylic acids is 1. The molecule has 0 spiro atoms. The number of carbonyl (C=O) groups is 1. The van der Waals surface area contributed by atoms with Crippen LogP contribution in [0, 0.1) is 11.3 Å². The quantitative estimate of drug-likeness (QED) is 0.522. The Labute approximate surface area is 228 Å². The molecule has 38 heavy (non-hydrogen) atoms. The fourth-order valence-corrected chi connectivity index (χ4v) is 5.87. The van der Waals surface area contributed by atoms with E-state index in [2.05, 4.69) is 62.0 Å². The Bertz CT molecular complexity index is 1100. The van der Waals surface area contributed by atoms with Crippen LogP contribution in [0.5, 0.6) is 5.75 Å². The molecule has 2 saturated heterocycles. The number of benzene rings is 1. The van der Waals surface area contributed by atoms with Crippen LogP contribution < -0.4 is 4.74 Å². The monoisotopic (exact) mass is 523 g/mol. The van der Waals surface area contributed by atoms with Crippen LogP contribution in [-0.2, 0) is 10.3 Å². The van der Waals surface area contributed by atoms with Crippen LogP contribution in [0.15, 0.2) is 42.7 Å². The van der Waals surface area contributed by atoms with Gasteiger partial charge in [0.1, 0.15) is 17.0 Å². The van der Waals surface area contributed by atoms with E-state index in [1.165, 1.54) is 5.56 Å². The summed E-state index contributed by atoms with van der Waals surface area (Å²) in [6.07, 6.45) is 4.97. The zero-order chi connectivity index (χ0) is 27.7. The SMILES string of the molecule is CC(C)c1ccc([C@](O)(c2cncc(OCC3CCN(C(=O)OC(C)(C)C)CC3)c2)C2(C)CN(C)C2)cc1. The van der Waals surface area contributed by atoms with Gasteiger partial charge in [0.05, 0.1) is 12.8 Å². The maximum absolute atomic E-state index is 12.4. The third-order valence-corrected chi connectivity index (χ3v) is 7.99. The van der Waals surface area contributed by atoms with E-state index in [0.717, 1.165) is 37.1 Å². The van der Waals surface area contributed by atoms with Crippen molar-refractivity contribution in [3.05, 3.63) is 59.4 Å². The molecule has 0 unspecified atom stereocenters. The summed E-state index contributed by atoms with van der Waals surface area (Å²) in [5.74, 6) is 1.43. The van der Waals surface area contributed by atoms with Gasteiger partial charge in [-0.05, 0) is 69.7 Å². The number of amides is 1. The lowest BCUT2D eigenvalue weighted by Gasteiger charge is -2.55. The Balaban J connectivity index is 1.46. The molecule has 7 heteroatoms. The highest BCUT2D eigenvalue weighted by Crippen LogP contribution is 2.50. The predicted octanol–water partition coefficient (Wildman–Crippen LogP) is 5.42. The molecule has 3 heterocycles. The number of aromatic nitrogens is 1. The summed E-state index contributed by atoms with van der Waals surface area (Å²) in [6, 6.07) is 10.3. The van der Waals surface area contributed by atoms with Crippen LogP contribution in [0.2, 0.25) is 0 Å². The number of hydrogen-bond donors (Lipinski definition) is 1. The molecule has 2 aliphatic rings. The molecule has 0 radical (unpaired) electrons. The van der Waals surface area contributed by atoms with E-state index in [4.69, 9.17) is 9.47 Å². The third kappa shape index (κ3) is 5.99. The Morgan fingerprint density at radius 3 is 2.29 bits per heavy atom. The van der Waals surface area contributed by atoms with Gasteiger partial charge in [-0.3, -0.25) is 4.98 Å². The summed E-state index contributed by atoms with van der Waals surface area (Å²) in [5.41, 5.74) is 0.851. The Hall–Kier alpha value is -2.64. The highest BCUT2D eigenvalue weighted by molar-refractivity contribution is 5.68. The first-order chi connectivity index (χ1) is 17.8. The number of ether oxygens (including phenoxy) is 2. The normalized spacial score (nSPS) is 20.1. The molecule has 2 aliphatic heterocycles. The summed E-state index contributed by atoms with van der Waals surface area (Å²) >= 11 is 0. The Morgan fingerprint density at radius 2 is 1.74 bits per heavy atom. The van der Waals surface area contributed by atoms with Gasteiger partial charge in [0.25, 0.3) is 0 Å². The van der Waals surface area contributed by atoms with Crippen molar-refractivity contribution in [1.82, 2.24) is 14.8 Å². The zero-order valence-electron chi connectivity index (χ0n) is 24.2. The Kier molecular flexibility index (Phi) is 8.10. The second-order valence-electron chi connectivity index (χ2n) is 12.9. The van der Waals surface area contributed by atoms with Crippen molar-refractivity contribution in [2.24, 2.45) is 11.3 Å². The second kappa shape index (κ2) is 10.9. The minimum atomic E-state index is -1.19. The number of hydrogen-bond acceptors (Lipinski definition) is 6. The lowest BCUT2D eigenvalue weighted by molar-refractivity contribution is -0.127. The van der Waals surface area contributed by atoms with Crippen molar-refractivity contribution in [3.8, 4) is 5.75 Å². The summed E-state index contributed by atoms with van der Waals surface area (Å²) in [5, 5.41) is 12.4. The van der Waals surface area contributed by atoms with Gasteiger partial charge >= 0.3 is 6.09 Å². The maximum atomic E-state index is 12.4. The fraction of sp³-hybridized carbons (Fsp3) is 0.613. The number of nitrogens with zero attached hydrogens (tertiary/aromatic N) is 3. The van der Waals surface area contributed by atoms with Gasteiger partial charge < -0.3 is 24.4 Å². The molecule has 1 N–H and O–H groups in total. The van der Waals surface area contributed by atoms with E-state index in [1.54, 1.807) is 17.3 Å². The molecular formula is C31H45N3O4. The van der Waals surface area contributed by atoms with Crippen molar-refractivity contribution in [3.63, 3.8) is 0 Å². The molecule has 1 atom stereocenters. The van der Waals surface area contributed by atoms with Gasteiger partial charge in [0.15, 0.2) is 0 Å². The van der Waals surface area contributed by atoms with E-state index in [-0.39, 0.29) is 11.5 Å². The smallest absolute Gasteiger partial charge is 0.410 e. The molecule has 1 aromatic heterocycles. The first-order valence-electron chi connectivity index (χ1n) is 13.9. The molecule has 2 aromatic rings. The van der Waals surface area contributed by atoms with Gasteiger partial charge in [-0.2, -0.15) is 0 Å². The van der Waals surface area contributed by atoms with Crippen LogP contribution in [-0.4, -0.2) is 71.4 Å². The van der Waals surface area contributed by atoms with Crippen LogP contribution >= 0.6 is 0 Å². The molecule has 2 fully saturated rings. The van der Waals surface area contributed by atoms with Crippen molar-refractivity contribution in [2.45, 2.75) is 71.5 Å². The predicted molar refractivity (Wildman–Crippen MR) is 149 cm³/mol. The third-order valence-electron chi connectivity index (χ3n) is 7.99. The number of rotatable bonds is 7. The minimum absolute atomic E-state index is 0.246. The first kappa shape index (κ1) is 28.4. The first-order valence-corrected chi connectivity index (χ1v) is 13.9. The van der Waals surface area contributed by atoms with Gasteiger partial charge in [0.2, 0.25) is 0 Å². The lowest BCUT2D eigenvalue weighted by Crippen LogP contribution is -2.63. The van der Waals surface area contributed by atoms with Crippen LogP contribution in [0.25, 0.3) is 0 Å². The Morgan fingerprint density at radius 1 is 1.11 bits per heavy atom. The summed E-state index contributed by atoms with van der Waals surface area (Å²) in [4.78, 5) is 20.9. The number of pyridine rings is 1. The topological polar surface area (TPSA) is 75.1 Å². The van der Waals surface area contributed by atoms with Crippen molar-refractivity contribution in [1.29, 1.82) is 0 Å². The van der Waals surface area contributed by atoms with E-state index in [9.17, 15) is 9.90 Å². The molecule has 0 saturated carbocycles. The van der Waals surface area contributed by atoms with Gasteiger partial charge in [0, 0.05) is 43.4 Å². The summed E-state index contributed by atoms with van der Waals surface area (Å²) < 4.78 is 11.7. The zero-order valence-corrected chi connectivity index (χ0v) is 24.2. The van der Waals surface area contributed by atoms with Crippen molar-refractivity contribution in [2.75, 3.05) is 39.8 Å². The maximum Gasteiger partial charge on any atom is 0.410 e. The average molecular weight is 524 g/mol. The molecule has 4 rings (SSSR count). The molecule has 7 nitrogen and oxygen atoms in total. The largest absolute Gasteiger partial charge is 0.492 e. The molecular weight excluding hydrogens is 478 g/mol. The van der Waals surface area contributed by atoms with Crippen LogP contribution in [0.1, 0.15) is 77.0 Å². The molecule has 0 bridgehead atoms. The van der Waals surface area contributed by atoms with Crippen LogP contribution in [0.3, 0.4) is 0 Å².